The molecule has 2 aromatic carbocycles. The number of nitrogens with one attached hydrogen (secondary N) is 1. The number of hydrogen-bond acceptors (Lipinski definition) is 7. The first-order valence-electron chi connectivity index (χ1n) is 21.3. The summed E-state index contributed by atoms with van der Waals surface area (Å²) in [6.07, 6.45) is 11.2. The minimum absolute atomic E-state index is 0.0400. The van der Waals surface area contributed by atoms with E-state index in [0.29, 0.717) is 52.0 Å². The van der Waals surface area contributed by atoms with E-state index in [0.717, 1.165) is 114 Å². The van der Waals surface area contributed by atoms with Gasteiger partial charge >= 0.3 is 0 Å². The van der Waals surface area contributed by atoms with E-state index in [-0.39, 0.29) is 11.7 Å². The molecule has 1 amide bonds. The van der Waals surface area contributed by atoms with Crippen LogP contribution in [0, 0.1) is 30.0 Å². The van der Waals surface area contributed by atoms with Gasteiger partial charge in [-0.05, 0) is 90.5 Å². The summed E-state index contributed by atoms with van der Waals surface area (Å²) in [4.78, 5) is 23.0. The Labute approximate surface area is 341 Å². The molecule has 3 aliphatic rings. The average molecular weight is 789 g/mol. The van der Waals surface area contributed by atoms with Crippen LogP contribution < -0.4 is 11.1 Å². The number of unbranched alkanes of at least 4 members (excludes halogenated alkanes) is 2. The van der Waals surface area contributed by atoms with E-state index >= 15 is 4.39 Å². The topological polar surface area (TPSA) is 107 Å². The largest absolute Gasteiger partial charge is 0.389 e. The normalized spacial score (nSPS) is 18.0. The lowest BCUT2D eigenvalue weighted by Gasteiger charge is -2.30. The Balaban J connectivity index is 0.000000974. The number of rotatable bonds is 10. The van der Waals surface area contributed by atoms with Gasteiger partial charge in [0, 0.05) is 37.6 Å². The zero-order valence-electron chi connectivity index (χ0n) is 36.3. The Bertz CT molecular complexity index is 1870. The molecule has 2 fully saturated rings. The molecule has 308 valence electrons. The molecule has 4 heterocycles. The van der Waals surface area contributed by atoms with Gasteiger partial charge in [-0.1, -0.05) is 94.1 Å². The molecule has 0 radical (unpaired) electrons. The number of hydrogen-bond donors (Lipinski definition) is 2. The molecule has 6 rings (SSSR count). The number of allylic oxidation sites excluding steroid dienone is 1. The van der Waals surface area contributed by atoms with Crippen LogP contribution in [0.3, 0.4) is 0 Å². The van der Waals surface area contributed by atoms with E-state index in [1.54, 1.807) is 11.0 Å². The highest BCUT2D eigenvalue weighted by molar-refractivity contribution is 7.23. The van der Waals surface area contributed by atoms with E-state index in [1.165, 1.54) is 18.9 Å². The zero-order valence-corrected chi connectivity index (χ0v) is 37.1. The highest BCUT2D eigenvalue weighted by Gasteiger charge is 2.33. The number of amides is 1. The molecule has 2 saturated heterocycles. The highest BCUT2D eigenvalue weighted by atomic mass is 32.1. The number of benzene rings is 2. The Morgan fingerprint density at radius 3 is 2.38 bits per heavy atom. The van der Waals surface area contributed by atoms with Crippen molar-refractivity contribution in [2.75, 3.05) is 32.4 Å². The van der Waals surface area contributed by atoms with Crippen molar-refractivity contribution >= 4 is 38.2 Å². The van der Waals surface area contributed by atoms with E-state index in [9.17, 15) is 10.1 Å². The van der Waals surface area contributed by atoms with Gasteiger partial charge in [-0.2, -0.15) is 5.26 Å². The molecule has 0 aliphatic carbocycles. The number of ether oxygens (including phenoxy) is 1. The molecule has 3 N–H and O–H groups in total. The maximum Gasteiger partial charge on any atom is 0.247 e. The van der Waals surface area contributed by atoms with Crippen LogP contribution in [0.4, 0.5) is 9.39 Å². The van der Waals surface area contributed by atoms with Crippen LogP contribution in [0.5, 0.6) is 0 Å². The Morgan fingerprint density at radius 2 is 1.77 bits per heavy atom. The van der Waals surface area contributed by atoms with E-state index < -0.39 is 6.04 Å². The lowest BCUT2D eigenvalue weighted by atomic mass is 9.82. The van der Waals surface area contributed by atoms with Crippen LogP contribution >= 0.6 is 11.3 Å². The van der Waals surface area contributed by atoms with Gasteiger partial charge in [0.15, 0.2) is 0 Å². The zero-order chi connectivity index (χ0) is 41.5. The van der Waals surface area contributed by atoms with Crippen molar-refractivity contribution in [3.05, 3.63) is 63.2 Å². The predicted octanol–water partition coefficient (Wildman–Crippen LogP) is 11.3. The molecule has 8 nitrogen and oxygen atoms in total. The molecule has 0 spiro atoms. The van der Waals surface area contributed by atoms with E-state index in [4.69, 9.17) is 15.5 Å². The second-order valence-corrected chi connectivity index (χ2v) is 15.6. The van der Waals surface area contributed by atoms with Crippen molar-refractivity contribution in [3.63, 3.8) is 0 Å². The number of anilines is 1. The average Bonchev–Trinajstić information content (AvgIpc) is 3.96. The number of carbonyl (C=O) groups is 1. The van der Waals surface area contributed by atoms with Gasteiger partial charge in [0.1, 0.15) is 34.6 Å². The molecule has 10 heteroatoms. The number of thiophene rings is 1. The fourth-order valence-electron chi connectivity index (χ4n) is 7.60. The third-order valence-corrected chi connectivity index (χ3v) is 11.6. The van der Waals surface area contributed by atoms with E-state index in [2.05, 4.69) is 63.9 Å². The van der Waals surface area contributed by atoms with Gasteiger partial charge < -0.3 is 25.6 Å². The summed E-state index contributed by atoms with van der Waals surface area (Å²) in [5.74, 6) is 2.00. The summed E-state index contributed by atoms with van der Waals surface area (Å²) in [6, 6.07) is 5.05. The number of amidine groups is 1. The summed E-state index contributed by atoms with van der Waals surface area (Å²) < 4.78 is 21.8. The second kappa shape index (κ2) is 22.7. The number of likely N-dealkylation sites (N-methyl/N-ethyl adjacent to an activating group) is 1. The van der Waals surface area contributed by atoms with Gasteiger partial charge in [0.05, 0.1) is 23.5 Å². The fraction of sp³-hybridized carbons (Fsp3) is 0.587. The number of nitrogens with two attached hydrogens (primary N) is 1. The van der Waals surface area contributed by atoms with Gasteiger partial charge in [0.25, 0.3) is 0 Å². The number of aliphatic imine (C=N–C) groups is 1. The van der Waals surface area contributed by atoms with Crippen molar-refractivity contribution in [2.45, 2.75) is 146 Å². The van der Waals surface area contributed by atoms with Crippen molar-refractivity contribution in [1.82, 2.24) is 15.1 Å². The number of fused-ring (bicyclic) bond motifs is 2. The maximum absolute atomic E-state index is 15.2. The number of piperidine rings is 1. The molecule has 2 unspecified atom stereocenters. The Kier molecular flexibility index (Phi) is 18.8. The number of carbonyl (C=O) groups excluding carboxylic acids is 1. The van der Waals surface area contributed by atoms with Gasteiger partial charge in [-0.15, -0.1) is 11.3 Å². The summed E-state index contributed by atoms with van der Waals surface area (Å²) in [6.45, 7) is 24.6. The monoisotopic (exact) mass is 789 g/mol. The molecule has 3 aliphatic heterocycles. The molecule has 3 aromatic rings. The number of nitrogens with zero attached hydrogens (tertiary/aromatic N) is 4. The van der Waals surface area contributed by atoms with Crippen molar-refractivity contribution in [1.29, 1.82) is 5.26 Å². The SMILES string of the molecule is CC.CC.CCC/C=C(/NC(=NC1CCCN(C)C1=O)c1c(C)c(CCC)c(-c2ccc(F)c3sc(N)c(C#N)c23)c2c1COC2)N1CCC(C)C1.CCCC. The third-order valence-electron chi connectivity index (χ3n) is 10.6. The first kappa shape index (κ1) is 46.4. The smallest absolute Gasteiger partial charge is 0.247 e. The predicted molar refractivity (Wildman–Crippen MR) is 236 cm³/mol. The molecule has 56 heavy (non-hydrogen) atoms. The summed E-state index contributed by atoms with van der Waals surface area (Å²) >= 11 is 1.12. The van der Waals surface area contributed by atoms with Crippen LogP contribution in [0.25, 0.3) is 21.2 Å². The van der Waals surface area contributed by atoms with Crippen LogP contribution in [0.2, 0.25) is 0 Å². The van der Waals surface area contributed by atoms with Crippen molar-refractivity contribution in [3.8, 4) is 17.2 Å². The number of nitriles is 1. The molecule has 0 bridgehead atoms. The van der Waals surface area contributed by atoms with Gasteiger partial charge in [-0.25, -0.2) is 4.39 Å². The van der Waals surface area contributed by atoms with Crippen molar-refractivity contribution < 1.29 is 13.9 Å². The Morgan fingerprint density at radius 1 is 1.07 bits per heavy atom. The lowest BCUT2D eigenvalue weighted by molar-refractivity contribution is -0.133. The summed E-state index contributed by atoms with van der Waals surface area (Å²) in [5.41, 5.74) is 13.6. The van der Waals surface area contributed by atoms with Gasteiger partial charge in [0.2, 0.25) is 5.91 Å². The first-order chi connectivity index (χ1) is 27.1. The first-order valence-corrected chi connectivity index (χ1v) is 22.1. The van der Waals surface area contributed by atoms with Gasteiger partial charge in [-0.3, -0.25) is 9.79 Å². The third kappa shape index (κ3) is 10.3. The molecular weight excluding hydrogens is 720 g/mol. The number of halogens is 1. The van der Waals surface area contributed by atoms with Crippen LogP contribution in [-0.4, -0.2) is 54.3 Å². The second-order valence-electron chi connectivity index (χ2n) is 14.5. The number of nitrogen functional groups attached to an aromatic ring is 1. The maximum atomic E-state index is 15.2. The van der Waals surface area contributed by atoms with Crippen LogP contribution in [0.1, 0.15) is 147 Å². The quantitative estimate of drug-likeness (QED) is 0.156. The van der Waals surface area contributed by atoms with Crippen LogP contribution in [0.15, 0.2) is 29.0 Å². The molecule has 2 atom stereocenters. The summed E-state index contributed by atoms with van der Waals surface area (Å²) in [5, 5.41) is 14.8. The van der Waals surface area contributed by atoms with Crippen LogP contribution in [-0.2, 0) is 29.2 Å². The standard InChI is InChI=1S/C38H47FN6O2S.C4H10.2C2H6/c1-6-8-12-31(45-17-15-22(3)19-45)43-37(42-30-11-9-16-44(5)38(30)46)32-23(4)24(10-7-2)33(28-21-47-20-27(28)32)25-13-14-29(39)35-34(25)26(18-40)36(41)48-35;1-3-4-2;2*1-2/h12-14,22,30H,6-11,15-17,19-21,41H2,1-5H3,(H,42,43);3-4H2,1-2H3;2*1-2H3/b31-12-;;;. The fourth-order valence-corrected chi connectivity index (χ4v) is 8.55. The molecule has 0 saturated carbocycles. The van der Waals surface area contributed by atoms with E-state index in [1.807, 2.05) is 34.7 Å². The van der Waals surface area contributed by atoms with Crippen molar-refractivity contribution in [2.24, 2.45) is 10.9 Å². The molecule has 1 aromatic heterocycles. The minimum atomic E-state index is -0.480. The highest BCUT2D eigenvalue weighted by Crippen LogP contribution is 2.46. The number of likely N-dealkylation sites (tertiary alicyclic amines) is 2. The minimum Gasteiger partial charge on any atom is -0.389 e. The summed E-state index contributed by atoms with van der Waals surface area (Å²) in [7, 11) is 1.86. The molecular formula is C46H69FN6O2S. The Hall–Kier alpha value is -3.94. The lowest BCUT2D eigenvalue weighted by Crippen LogP contribution is -2.43.